The van der Waals surface area contributed by atoms with Gasteiger partial charge in [-0.05, 0) is 30.9 Å². The van der Waals surface area contributed by atoms with Crippen molar-refractivity contribution in [2.24, 2.45) is 11.1 Å². The molecule has 112 valence electrons. The van der Waals surface area contributed by atoms with Gasteiger partial charge in [-0.15, -0.1) is 0 Å². The standard InChI is InChI=1S/C13H15FN4O2S/c14-11-3-1-2-10-12(11)16-7-17-13(10)18-9-4-8(5-9)6-21(15,19)20/h1-3,7-9H,4-6H2,(H2,15,19,20)(H,16,17,18). The maximum atomic E-state index is 13.6. The van der Waals surface area contributed by atoms with Gasteiger partial charge in [0, 0.05) is 11.4 Å². The number of nitrogens with zero attached hydrogens (tertiary/aromatic N) is 2. The van der Waals surface area contributed by atoms with E-state index >= 15 is 0 Å². The summed E-state index contributed by atoms with van der Waals surface area (Å²) in [7, 11) is -3.42. The van der Waals surface area contributed by atoms with Crippen molar-refractivity contribution in [3.8, 4) is 0 Å². The Balaban J connectivity index is 1.72. The van der Waals surface area contributed by atoms with Crippen molar-refractivity contribution < 1.29 is 12.8 Å². The van der Waals surface area contributed by atoms with Gasteiger partial charge >= 0.3 is 0 Å². The first-order chi connectivity index (χ1) is 9.92. The fraction of sp³-hybridized carbons (Fsp3) is 0.385. The summed E-state index contributed by atoms with van der Waals surface area (Å²) in [4.78, 5) is 8.07. The molecule has 1 aromatic heterocycles. The summed E-state index contributed by atoms with van der Waals surface area (Å²) in [6.45, 7) is 0. The average Bonchev–Trinajstić information content (AvgIpc) is 2.36. The Morgan fingerprint density at radius 3 is 2.81 bits per heavy atom. The number of anilines is 1. The zero-order valence-corrected chi connectivity index (χ0v) is 12.0. The van der Waals surface area contributed by atoms with Crippen molar-refractivity contribution in [1.82, 2.24) is 9.97 Å². The maximum absolute atomic E-state index is 13.6. The van der Waals surface area contributed by atoms with E-state index in [1.807, 2.05) is 0 Å². The molecule has 3 N–H and O–H groups in total. The second kappa shape index (κ2) is 5.19. The van der Waals surface area contributed by atoms with Crippen LogP contribution >= 0.6 is 0 Å². The number of benzene rings is 1. The van der Waals surface area contributed by atoms with E-state index in [1.54, 1.807) is 12.1 Å². The lowest BCUT2D eigenvalue weighted by atomic mass is 9.81. The molecule has 0 bridgehead atoms. The number of hydrogen-bond donors (Lipinski definition) is 2. The van der Waals surface area contributed by atoms with E-state index in [-0.39, 0.29) is 23.2 Å². The number of sulfonamides is 1. The van der Waals surface area contributed by atoms with Crippen LogP contribution in [-0.4, -0.2) is 30.2 Å². The van der Waals surface area contributed by atoms with Gasteiger partial charge in [0.25, 0.3) is 0 Å². The molecule has 0 radical (unpaired) electrons. The summed E-state index contributed by atoms with van der Waals surface area (Å²) >= 11 is 0. The lowest BCUT2D eigenvalue weighted by molar-refractivity contribution is 0.310. The minimum atomic E-state index is -3.42. The molecule has 0 spiro atoms. The van der Waals surface area contributed by atoms with Gasteiger partial charge in [0.05, 0.1) is 5.75 Å². The van der Waals surface area contributed by atoms with Crippen LogP contribution in [0.25, 0.3) is 10.9 Å². The highest BCUT2D eigenvalue weighted by Crippen LogP contribution is 2.32. The Morgan fingerprint density at radius 2 is 2.10 bits per heavy atom. The molecule has 1 saturated carbocycles. The molecule has 0 aliphatic heterocycles. The Hall–Kier alpha value is -1.80. The maximum Gasteiger partial charge on any atom is 0.209 e. The number of primary sulfonamides is 1. The van der Waals surface area contributed by atoms with E-state index in [2.05, 4.69) is 15.3 Å². The van der Waals surface area contributed by atoms with E-state index in [0.717, 1.165) is 0 Å². The van der Waals surface area contributed by atoms with Crippen molar-refractivity contribution in [3.63, 3.8) is 0 Å². The first-order valence-electron chi connectivity index (χ1n) is 6.58. The first kappa shape index (κ1) is 14.2. The number of fused-ring (bicyclic) bond motifs is 1. The molecule has 0 saturated heterocycles. The van der Waals surface area contributed by atoms with Gasteiger partial charge in [-0.1, -0.05) is 6.07 Å². The van der Waals surface area contributed by atoms with Crippen LogP contribution in [0.15, 0.2) is 24.5 Å². The summed E-state index contributed by atoms with van der Waals surface area (Å²) in [5.41, 5.74) is 0.274. The lowest BCUT2D eigenvalue weighted by Crippen LogP contribution is -2.40. The summed E-state index contributed by atoms with van der Waals surface area (Å²) in [5.74, 6) is 0.254. The van der Waals surface area contributed by atoms with Crippen LogP contribution in [0.2, 0.25) is 0 Å². The third kappa shape index (κ3) is 3.11. The van der Waals surface area contributed by atoms with E-state index < -0.39 is 15.8 Å². The zero-order valence-electron chi connectivity index (χ0n) is 11.2. The van der Waals surface area contributed by atoms with Gasteiger partial charge in [-0.25, -0.2) is 27.9 Å². The van der Waals surface area contributed by atoms with Gasteiger partial charge in [-0.3, -0.25) is 0 Å². The van der Waals surface area contributed by atoms with Crippen LogP contribution in [-0.2, 0) is 10.0 Å². The molecular weight excluding hydrogens is 295 g/mol. The van der Waals surface area contributed by atoms with Crippen LogP contribution in [0.5, 0.6) is 0 Å². The van der Waals surface area contributed by atoms with Crippen LogP contribution in [0.4, 0.5) is 10.2 Å². The average molecular weight is 310 g/mol. The van der Waals surface area contributed by atoms with E-state index in [9.17, 15) is 12.8 Å². The van der Waals surface area contributed by atoms with Gasteiger partial charge in [0.1, 0.15) is 23.5 Å². The fourth-order valence-electron chi connectivity index (χ4n) is 2.68. The second-order valence-corrected chi connectivity index (χ2v) is 7.03. The van der Waals surface area contributed by atoms with E-state index in [1.165, 1.54) is 12.4 Å². The van der Waals surface area contributed by atoms with Crippen molar-refractivity contribution in [2.45, 2.75) is 18.9 Å². The molecule has 0 atom stereocenters. The van der Waals surface area contributed by atoms with Crippen LogP contribution in [0, 0.1) is 11.7 Å². The molecule has 0 unspecified atom stereocenters. The minimum Gasteiger partial charge on any atom is -0.367 e. The first-order valence-corrected chi connectivity index (χ1v) is 8.30. The Labute approximate surface area is 121 Å². The third-order valence-corrected chi connectivity index (χ3v) is 4.60. The molecule has 1 aliphatic rings. The molecule has 8 heteroatoms. The fourth-order valence-corrected chi connectivity index (χ4v) is 3.61. The lowest BCUT2D eigenvalue weighted by Gasteiger charge is -2.35. The number of hydrogen-bond acceptors (Lipinski definition) is 5. The van der Waals surface area contributed by atoms with Gasteiger partial charge in [0.2, 0.25) is 10.0 Å². The quantitative estimate of drug-likeness (QED) is 0.885. The molecule has 1 heterocycles. The molecule has 1 fully saturated rings. The highest BCUT2D eigenvalue weighted by Gasteiger charge is 2.32. The van der Waals surface area contributed by atoms with Gasteiger partial charge < -0.3 is 5.32 Å². The smallest absolute Gasteiger partial charge is 0.209 e. The molecule has 6 nitrogen and oxygen atoms in total. The van der Waals surface area contributed by atoms with Crippen molar-refractivity contribution >= 4 is 26.7 Å². The van der Waals surface area contributed by atoms with Gasteiger partial charge in [0.15, 0.2) is 0 Å². The van der Waals surface area contributed by atoms with E-state index in [0.29, 0.717) is 24.0 Å². The monoisotopic (exact) mass is 310 g/mol. The summed E-state index contributed by atoms with van der Waals surface area (Å²) in [5, 5.41) is 8.85. The number of nitrogens with two attached hydrogens (primary N) is 1. The molecular formula is C13H15FN4O2S. The Morgan fingerprint density at radius 1 is 1.33 bits per heavy atom. The molecule has 1 aliphatic carbocycles. The molecule has 1 aromatic carbocycles. The van der Waals surface area contributed by atoms with Crippen LogP contribution < -0.4 is 10.5 Å². The zero-order chi connectivity index (χ0) is 15.0. The predicted octanol–water partition coefficient (Wildman–Crippen LogP) is 1.25. The third-order valence-electron chi connectivity index (χ3n) is 3.66. The number of para-hydroxylation sites is 1. The number of nitrogens with one attached hydrogen (secondary N) is 1. The highest BCUT2D eigenvalue weighted by atomic mass is 32.2. The molecule has 21 heavy (non-hydrogen) atoms. The molecule has 2 aromatic rings. The summed E-state index contributed by atoms with van der Waals surface area (Å²) in [6, 6.07) is 4.83. The topological polar surface area (TPSA) is 98.0 Å². The predicted molar refractivity (Wildman–Crippen MR) is 77.6 cm³/mol. The number of rotatable bonds is 4. The SMILES string of the molecule is NS(=O)(=O)CC1CC(Nc2ncnc3c(F)cccc23)C1. The number of aromatic nitrogens is 2. The number of halogens is 1. The van der Waals surface area contributed by atoms with Crippen LogP contribution in [0.1, 0.15) is 12.8 Å². The highest BCUT2D eigenvalue weighted by molar-refractivity contribution is 7.89. The Kier molecular flexibility index (Phi) is 3.50. The molecule has 3 rings (SSSR count). The van der Waals surface area contributed by atoms with Crippen LogP contribution in [0.3, 0.4) is 0 Å². The largest absolute Gasteiger partial charge is 0.367 e. The summed E-state index contributed by atoms with van der Waals surface area (Å²) < 4.78 is 35.7. The van der Waals surface area contributed by atoms with Gasteiger partial charge in [-0.2, -0.15) is 0 Å². The van der Waals surface area contributed by atoms with E-state index in [4.69, 9.17) is 5.14 Å². The Bertz CT molecular complexity index is 775. The molecule has 0 amide bonds. The van der Waals surface area contributed by atoms with Crippen molar-refractivity contribution in [1.29, 1.82) is 0 Å². The minimum absolute atomic E-state index is 0.00430. The second-order valence-electron chi connectivity index (χ2n) is 5.37. The summed E-state index contributed by atoms with van der Waals surface area (Å²) in [6.07, 6.45) is 2.72. The van der Waals surface area contributed by atoms with Crippen molar-refractivity contribution in [2.75, 3.05) is 11.1 Å². The van der Waals surface area contributed by atoms with Crippen molar-refractivity contribution in [3.05, 3.63) is 30.3 Å². The normalized spacial score (nSPS) is 22.0.